The number of carbonyl (C=O) groups excluding carboxylic acids is 1. The molecule has 0 radical (unpaired) electrons. The van der Waals surface area contributed by atoms with E-state index in [0.717, 1.165) is 18.7 Å². The number of rotatable bonds is 1. The van der Waals surface area contributed by atoms with Gasteiger partial charge < -0.3 is 10.6 Å². The third kappa shape index (κ3) is 2.33. The SMILES string of the molecule is Cc1cc(C(=O)N2CCc3sccc3C2)cc(N)n1. The van der Waals surface area contributed by atoms with Crippen LogP contribution in [-0.4, -0.2) is 22.3 Å². The van der Waals surface area contributed by atoms with Crippen molar-refractivity contribution in [2.45, 2.75) is 19.9 Å². The van der Waals surface area contributed by atoms with Gasteiger partial charge in [-0.3, -0.25) is 4.79 Å². The lowest BCUT2D eigenvalue weighted by Crippen LogP contribution is -2.35. The van der Waals surface area contributed by atoms with Gasteiger partial charge in [0.15, 0.2) is 0 Å². The molecule has 4 nitrogen and oxygen atoms in total. The van der Waals surface area contributed by atoms with Gasteiger partial charge >= 0.3 is 0 Å². The zero-order valence-corrected chi connectivity index (χ0v) is 11.5. The lowest BCUT2D eigenvalue weighted by atomic mass is 10.1. The Morgan fingerprint density at radius 1 is 1.47 bits per heavy atom. The Morgan fingerprint density at radius 2 is 2.32 bits per heavy atom. The van der Waals surface area contributed by atoms with Gasteiger partial charge in [0.1, 0.15) is 5.82 Å². The molecule has 0 aromatic carbocycles. The summed E-state index contributed by atoms with van der Waals surface area (Å²) < 4.78 is 0. The molecule has 0 bridgehead atoms. The second-order valence-electron chi connectivity index (χ2n) is 4.77. The summed E-state index contributed by atoms with van der Waals surface area (Å²) in [6.07, 6.45) is 0.943. The van der Waals surface area contributed by atoms with E-state index in [9.17, 15) is 4.79 Å². The van der Waals surface area contributed by atoms with Crippen molar-refractivity contribution < 1.29 is 4.79 Å². The minimum absolute atomic E-state index is 0.0362. The highest BCUT2D eigenvalue weighted by atomic mass is 32.1. The zero-order valence-electron chi connectivity index (χ0n) is 10.7. The Morgan fingerprint density at radius 3 is 3.11 bits per heavy atom. The molecular formula is C14H15N3OS. The molecule has 1 aliphatic heterocycles. The van der Waals surface area contributed by atoms with E-state index in [1.165, 1.54) is 10.4 Å². The molecule has 3 rings (SSSR count). The lowest BCUT2D eigenvalue weighted by molar-refractivity contribution is 0.0735. The molecule has 2 aromatic rings. The number of hydrogen-bond donors (Lipinski definition) is 1. The van der Waals surface area contributed by atoms with Crippen LogP contribution in [0.2, 0.25) is 0 Å². The minimum Gasteiger partial charge on any atom is -0.384 e. The second-order valence-corrected chi connectivity index (χ2v) is 5.77. The number of anilines is 1. The van der Waals surface area contributed by atoms with Crippen molar-refractivity contribution in [3.05, 3.63) is 45.3 Å². The smallest absolute Gasteiger partial charge is 0.254 e. The predicted octanol–water partition coefficient (Wildman–Crippen LogP) is 2.23. The van der Waals surface area contributed by atoms with Gasteiger partial charge in [-0.05, 0) is 42.5 Å². The summed E-state index contributed by atoms with van der Waals surface area (Å²) in [5, 5.41) is 2.09. The van der Waals surface area contributed by atoms with Crippen molar-refractivity contribution in [3.63, 3.8) is 0 Å². The topological polar surface area (TPSA) is 59.2 Å². The Bertz CT molecular complexity index is 615. The third-order valence-electron chi connectivity index (χ3n) is 3.32. The minimum atomic E-state index is 0.0362. The highest BCUT2D eigenvalue weighted by Gasteiger charge is 2.22. The molecule has 98 valence electrons. The number of nitrogens with two attached hydrogens (primary N) is 1. The highest BCUT2D eigenvalue weighted by molar-refractivity contribution is 7.10. The Balaban J connectivity index is 1.85. The molecule has 0 saturated heterocycles. The quantitative estimate of drug-likeness (QED) is 0.866. The van der Waals surface area contributed by atoms with Crippen molar-refractivity contribution in [1.82, 2.24) is 9.88 Å². The van der Waals surface area contributed by atoms with Gasteiger partial charge in [-0.1, -0.05) is 0 Å². The molecule has 0 fully saturated rings. The number of carbonyl (C=O) groups is 1. The average Bonchev–Trinajstić information content (AvgIpc) is 2.83. The predicted molar refractivity (Wildman–Crippen MR) is 76.1 cm³/mol. The van der Waals surface area contributed by atoms with Gasteiger partial charge in [0.2, 0.25) is 0 Å². The molecule has 0 unspecified atom stereocenters. The molecule has 0 atom stereocenters. The van der Waals surface area contributed by atoms with E-state index in [-0.39, 0.29) is 5.91 Å². The zero-order chi connectivity index (χ0) is 13.4. The van der Waals surface area contributed by atoms with Crippen molar-refractivity contribution in [2.75, 3.05) is 12.3 Å². The number of aryl methyl sites for hydroxylation is 1. The summed E-state index contributed by atoms with van der Waals surface area (Å²) in [6.45, 7) is 3.31. The molecule has 3 heterocycles. The molecule has 0 aliphatic carbocycles. The monoisotopic (exact) mass is 273 g/mol. The van der Waals surface area contributed by atoms with Gasteiger partial charge in [-0.25, -0.2) is 4.98 Å². The summed E-state index contributed by atoms with van der Waals surface area (Å²) in [7, 11) is 0. The van der Waals surface area contributed by atoms with Crippen molar-refractivity contribution in [1.29, 1.82) is 0 Å². The van der Waals surface area contributed by atoms with Crippen molar-refractivity contribution >= 4 is 23.1 Å². The first-order valence-corrected chi connectivity index (χ1v) is 7.10. The van der Waals surface area contributed by atoms with Gasteiger partial charge in [0.05, 0.1) is 0 Å². The van der Waals surface area contributed by atoms with Crippen LogP contribution >= 0.6 is 11.3 Å². The van der Waals surface area contributed by atoms with E-state index in [1.807, 2.05) is 11.8 Å². The Kier molecular flexibility index (Phi) is 2.98. The van der Waals surface area contributed by atoms with E-state index < -0.39 is 0 Å². The Labute approximate surface area is 115 Å². The van der Waals surface area contributed by atoms with Crippen molar-refractivity contribution in [3.8, 4) is 0 Å². The first-order valence-electron chi connectivity index (χ1n) is 6.22. The summed E-state index contributed by atoms with van der Waals surface area (Å²) in [4.78, 5) is 19.9. The first-order chi connectivity index (χ1) is 9.13. The molecule has 1 aliphatic rings. The number of aromatic nitrogens is 1. The molecule has 5 heteroatoms. The van der Waals surface area contributed by atoms with Gasteiger partial charge in [-0.15, -0.1) is 11.3 Å². The summed E-state index contributed by atoms with van der Waals surface area (Å²) in [5.41, 5.74) is 8.38. The van der Waals surface area contributed by atoms with E-state index in [4.69, 9.17) is 5.73 Å². The van der Waals surface area contributed by atoms with Crippen LogP contribution in [0.5, 0.6) is 0 Å². The maximum absolute atomic E-state index is 12.5. The molecule has 0 saturated carbocycles. The molecule has 19 heavy (non-hydrogen) atoms. The fraction of sp³-hybridized carbons (Fsp3) is 0.286. The molecule has 2 aromatic heterocycles. The fourth-order valence-corrected chi connectivity index (χ4v) is 3.31. The lowest BCUT2D eigenvalue weighted by Gasteiger charge is -2.27. The normalized spacial score (nSPS) is 14.3. The molecular weight excluding hydrogens is 258 g/mol. The van der Waals surface area contributed by atoms with Crippen LogP contribution in [0.3, 0.4) is 0 Å². The van der Waals surface area contributed by atoms with Crippen LogP contribution in [0.4, 0.5) is 5.82 Å². The second kappa shape index (κ2) is 4.66. The number of thiophene rings is 1. The van der Waals surface area contributed by atoms with E-state index in [0.29, 0.717) is 17.9 Å². The van der Waals surface area contributed by atoms with E-state index in [2.05, 4.69) is 16.4 Å². The van der Waals surface area contributed by atoms with E-state index in [1.54, 1.807) is 23.5 Å². The number of nitrogen functional groups attached to an aromatic ring is 1. The fourth-order valence-electron chi connectivity index (χ4n) is 2.42. The average molecular weight is 273 g/mol. The summed E-state index contributed by atoms with van der Waals surface area (Å²) in [5.74, 6) is 0.436. The Hall–Kier alpha value is -1.88. The standard InChI is InChI=1S/C14H15N3OS/c1-9-6-11(7-13(15)16-9)14(18)17-4-2-12-10(8-17)3-5-19-12/h3,5-7H,2,4,8H2,1H3,(H2,15,16). The van der Waals surface area contributed by atoms with Crippen LogP contribution in [0.15, 0.2) is 23.6 Å². The summed E-state index contributed by atoms with van der Waals surface area (Å²) in [6, 6.07) is 5.55. The highest BCUT2D eigenvalue weighted by Crippen LogP contribution is 2.25. The van der Waals surface area contributed by atoms with Crippen LogP contribution < -0.4 is 5.73 Å². The maximum atomic E-state index is 12.5. The first kappa shape index (κ1) is 12.2. The maximum Gasteiger partial charge on any atom is 0.254 e. The van der Waals surface area contributed by atoms with Gasteiger partial charge in [0, 0.05) is 29.2 Å². The largest absolute Gasteiger partial charge is 0.384 e. The van der Waals surface area contributed by atoms with Crippen LogP contribution in [0, 0.1) is 6.92 Å². The number of hydrogen-bond acceptors (Lipinski definition) is 4. The third-order valence-corrected chi connectivity index (χ3v) is 4.34. The van der Waals surface area contributed by atoms with Gasteiger partial charge in [0.25, 0.3) is 5.91 Å². The molecule has 1 amide bonds. The van der Waals surface area contributed by atoms with Crippen LogP contribution in [0.1, 0.15) is 26.5 Å². The van der Waals surface area contributed by atoms with Crippen LogP contribution in [0.25, 0.3) is 0 Å². The van der Waals surface area contributed by atoms with E-state index >= 15 is 0 Å². The summed E-state index contributed by atoms with van der Waals surface area (Å²) >= 11 is 1.77. The molecule has 0 spiro atoms. The number of nitrogens with zero attached hydrogens (tertiary/aromatic N) is 2. The van der Waals surface area contributed by atoms with Gasteiger partial charge in [-0.2, -0.15) is 0 Å². The number of fused-ring (bicyclic) bond motifs is 1. The van der Waals surface area contributed by atoms with Crippen LogP contribution in [-0.2, 0) is 13.0 Å². The number of pyridine rings is 1. The van der Waals surface area contributed by atoms with Crippen molar-refractivity contribution in [2.24, 2.45) is 0 Å². The molecule has 2 N–H and O–H groups in total. The number of amides is 1.